The van der Waals surface area contributed by atoms with E-state index in [0.29, 0.717) is 5.57 Å². The third kappa shape index (κ3) is 21.4. The van der Waals surface area contributed by atoms with Crippen molar-refractivity contribution in [3.8, 4) is 57.1 Å². The van der Waals surface area contributed by atoms with Gasteiger partial charge in [0.1, 0.15) is 130 Å². The molecule has 24 N–H and O–H groups in total. The van der Waals surface area contributed by atoms with Crippen LogP contribution >= 0.6 is 57.9 Å². The number of carbonyl (C=O) groups is 11. The Morgan fingerprint density at radius 1 is 0.765 bits per heavy atom. The molecule has 21 atom stereocenters. The number of hydrogen-bond acceptors (Lipinski definition) is 35. The van der Waals surface area contributed by atoms with Crippen molar-refractivity contribution in [3.63, 3.8) is 0 Å². The lowest BCUT2D eigenvalue weighted by Gasteiger charge is -2.52. The molecule has 0 spiro atoms. The first-order valence-electron chi connectivity index (χ1n) is 42.4. The summed E-state index contributed by atoms with van der Waals surface area (Å²) in [5.74, 6) is -19.3. The number of fused-ring (bicyclic) bond motifs is 16. The Hall–Kier alpha value is -12.4. The van der Waals surface area contributed by atoms with Gasteiger partial charge in [-0.25, -0.2) is 9.55 Å². The zero-order chi connectivity index (χ0) is 98.1. The summed E-state index contributed by atoms with van der Waals surface area (Å²) < 4.78 is 40.3. The monoisotopic (exact) mass is 1980 g/mol. The van der Waals surface area contributed by atoms with Crippen molar-refractivity contribution in [3.05, 3.63) is 168 Å². The number of aliphatic hydroxyl groups is 6. The molecule has 44 nitrogen and oxygen atoms in total. The second kappa shape index (κ2) is 41.7. The van der Waals surface area contributed by atoms with Crippen molar-refractivity contribution in [1.82, 2.24) is 57.7 Å². The number of thioether (sulfide) groups is 1. The number of nitrogens with zero attached hydrogens (tertiary/aromatic N) is 4. The summed E-state index contributed by atoms with van der Waals surface area (Å²) in [7, 11) is 1.46. The summed E-state index contributed by atoms with van der Waals surface area (Å²) in [6.07, 6.45) is -16.0. The number of nitrogens with one attached hydrogen (secondary N) is 9. The molecule has 49 heteroatoms. The van der Waals surface area contributed by atoms with Crippen LogP contribution in [0.5, 0.6) is 46.0 Å². The molecule has 2 aromatic heterocycles. The van der Waals surface area contributed by atoms with Crippen LogP contribution in [0.2, 0.25) is 14.4 Å². The normalized spacial score (nSPS) is 27.5. The number of primary amides is 1. The van der Waals surface area contributed by atoms with Gasteiger partial charge in [-0.15, -0.1) is 11.8 Å². The maximum Gasteiger partial charge on any atom is 0.276 e. The number of ether oxygens (including phenoxy) is 6. The van der Waals surface area contributed by atoms with Gasteiger partial charge in [0.15, 0.2) is 53.7 Å². The first kappa shape index (κ1) is 99.6. The Kier molecular flexibility index (Phi) is 30.5. The molecule has 724 valence electrons. The van der Waals surface area contributed by atoms with Crippen LogP contribution in [-0.2, 0) is 78.3 Å². The third-order valence-corrected chi connectivity index (χ3v) is 26.3. The van der Waals surface area contributed by atoms with Crippen LogP contribution in [0.15, 0.2) is 126 Å². The number of carboxylic acid groups (broad SMARTS) is 1. The van der Waals surface area contributed by atoms with E-state index in [1.807, 2.05) is 0 Å². The van der Waals surface area contributed by atoms with E-state index in [1.54, 1.807) is 54.4 Å². The average Bonchev–Trinajstić information content (AvgIpc) is 0.767. The largest absolute Gasteiger partial charge is 0.548 e. The molecule has 9 aliphatic rings. The van der Waals surface area contributed by atoms with E-state index in [2.05, 4.69) is 58.0 Å². The lowest BCUT2D eigenvalue weighted by molar-refractivity contribution is -0.689. The number of amides is 10. The first-order chi connectivity index (χ1) is 64.6. The number of carboxylic acids is 1. The standard InChI is InChI=1S/C87H95Cl3N16O28S2/c1-33(2)20-45(94-5)74(117)100-62-66(112)36-11-14-49(43(88)22-36)130-51-24-38-25-52(70(51)134-85-71(69(115)68(114)53(31-107)132-85)133-55-29-87(4,93)72(116)34(3)129-55)131-50-15-12-37(23-44(50)89)67(113)63-81(124)99-59(42-26-40(108)27-48(110)56(42)41-21-35(10-13-47(41)109)57(77(120)101-63)98-78(121)58(38)97-75(118)46(28-54(91)111)96-80(62)123)76(119)95-16-9-19-128-104-61(60-73(90)136-86(92)103-60)79(122)102-64-82(125)106-65(84(126)127)39(32-135-83(64)106)30-105-17-7-6-8-18-105/h6-8,10-15,17-18,21-27,32-34,45-46,53,55,57-59,62-69,71-72,83,85,94,107,112-116H,9,16,19-20,28-31,93H2,1-5H3,(H15-,91,92,95,96,97,98,99,100,101,102,103,104,108,109,110,111,117,118,119,120,121,122,123,124,126,127)/t34-,45+,46-,53+,55-,57+,58+,59-,62?,63-,64+,65?,66+,67+,68+,69-,71+,72+,83+,85-,87-/m0/s1. The summed E-state index contributed by atoms with van der Waals surface area (Å²) in [4.78, 5) is 173. The Balaban J connectivity index is 0.848. The number of thiazole rings is 1. The number of carbonyl (C=O) groups excluding carboxylic acids is 11. The topological polar surface area (TPSA) is 676 Å². The van der Waals surface area contributed by atoms with Crippen LogP contribution in [-0.4, -0.2) is 250 Å². The molecule has 16 rings (SSSR count). The number of halogens is 3. The fourth-order valence-corrected chi connectivity index (χ4v) is 19.1. The van der Waals surface area contributed by atoms with Crippen LogP contribution in [0.25, 0.3) is 11.1 Å². The highest BCUT2D eigenvalue weighted by molar-refractivity contribution is 8.03. The average molecular weight is 1980 g/mol. The molecule has 7 aromatic rings. The van der Waals surface area contributed by atoms with E-state index >= 15 is 28.8 Å². The molecular formula is C87H95Cl3N16O28S2. The maximum atomic E-state index is 16.4. The number of rotatable bonds is 24. The SMILES string of the molecule is CN[C@H](CC(C)C)C(=O)NC1C(=O)N[C@@H](CC(N)=O)C(=O)N[C@H]2C(=O)N[C@H]3C(=O)N[C@H](C(=O)N[C@H](C(=O)NCCCO/N=C(\C(=O)N[C@@H]4C(=O)N5C(C(=O)[O-])C(C[n+]6ccccc6)=CS[C@H]45)c4nc(N)sc4Cl)c4cc(O)cc(O)c4-c4cc3ccc4O)[C@H](O)c3ccc(c(Cl)c3)Oc3cc2cc(c3O[C@@H]2O[C@H](CO)[C@@H](O)[C@H](O)[C@H]2O[C@H]2C[C@](C)(N)[C@H](O)[C@H](C)O2)Oc2ccc(cc2Cl)[C@H]1O. The number of nitrogens with two attached hydrogens (primary N) is 3. The molecular weight excluding hydrogens is 1890 g/mol. The van der Waals surface area contributed by atoms with Crippen LogP contribution < -0.4 is 88.9 Å². The zero-order valence-electron chi connectivity index (χ0n) is 72.5. The molecule has 11 bridgehead atoms. The van der Waals surface area contributed by atoms with E-state index in [1.165, 1.54) is 33.0 Å². The Bertz CT molecular complexity index is 5910. The van der Waals surface area contributed by atoms with Crippen molar-refractivity contribution < 1.29 is 142 Å². The van der Waals surface area contributed by atoms with Gasteiger partial charge in [-0.2, -0.15) is 0 Å². The van der Waals surface area contributed by atoms with Gasteiger partial charge in [0.05, 0.1) is 47.3 Å². The number of aliphatic carboxylic acids is 1. The number of benzene rings is 5. The number of oxime groups is 1. The zero-order valence-corrected chi connectivity index (χ0v) is 76.4. The predicted molar refractivity (Wildman–Crippen MR) is 477 cm³/mol. The number of aromatic nitrogens is 2. The number of β-lactam (4-membered cyclic amide) rings is 1. The molecule has 0 aliphatic carbocycles. The highest BCUT2D eigenvalue weighted by Gasteiger charge is 2.56. The number of aliphatic hydroxyl groups excluding tert-OH is 6. The summed E-state index contributed by atoms with van der Waals surface area (Å²) in [5.41, 5.74) is 13.4. The Morgan fingerprint density at radius 2 is 1.42 bits per heavy atom. The smallest absolute Gasteiger partial charge is 0.276 e. The molecule has 9 aliphatic heterocycles. The first-order valence-corrected chi connectivity index (χ1v) is 45.2. The van der Waals surface area contributed by atoms with Gasteiger partial charge in [-0.05, 0) is 121 Å². The Morgan fingerprint density at radius 3 is 2.04 bits per heavy atom. The Labute approximate surface area is 795 Å². The molecule has 3 fully saturated rings. The highest BCUT2D eigenvalue weighted by atomic mass is 35.5. The number of nitrogen functional groups attached to an aromatic ring is 1. The minimum atomic E-state index is -2.41. The van der Waals surface area contributed by atoms with Crippen molar-refractivity contribution in [2.75, 3.05) is 32.5 Å². The van der Waals surface area contributed by atoms with E-state index in [0.717, 1.165) is 94.7 Å². The van der Waals surface area contributed by atoms with Crippen molar-refractivity contribution >= 4 is 134 Å². The lowest BCUT2D eigenvalue weighted by Crippen LogP contribution is -2.75. The van der Waals surface area contributed by atoms with Crippen molar-refractivity contribution in [1.29, 1.82) is 0 Å². The second-order valence-corrected chi connectivity index (χ2v) is 37.1. The minimum absolute atomic E-state index is 0.0882. The molecule has 3 saturated heterocycles. The molecule has 2 unspecified atom stereocenters. The van der Waals surface area contributed by atoms with Gasteiger partial charge < -0.3 is 159 Å². The van der Waals surface area contributed by atoms with Crippen molar-refractivity contribution in [2.45, 2.75) is 187 Å². The van der Waals surface area contributed by atoms with Gasteiger partial charge in [0.25, 0.3) is 5.91 Å². The fourth-order valence-electron chi connectivity index (χ4n) is 16.5. The van der Waals surface area contributed by atoms with E-state index < -0.39 is 302 Å². The summed E-state index contributed by atoms with van der Waals surface area (Å²) in [5, 5.41) is 145. The molecule has 10 amide bonds. The van der Waals surface area contributed by atoms with Gasteiger partial charge in [-0.1, -0.05) is 89.4 Å². The van der Waals surface area contributed by atoms with Crippen LogP contribution in [0, 0.1) is 5.92 Å². The maximum absolute atomic E-state index is 16.4. The number of phenols is 3. The van der Waals surface area contributed by atoms with Crippen LogP contribution in [0.1, 0.15) is 117 Å². The number of aromatic hydroxyl groups is 3. The van der Waals surface area contributed by atoms with E-state index in [-0.39, 0.29) is 63.8 Å². The number of pyridine rings is 1. The van der Waals surface area contributed by atoms with Crippen molar-refractivity contribution in [2.24, 2.45) is 22.5 Å². The van der Waals surface area contributed by atoms with Crippen LogP contribution in [0.3, 0.4) is 0 Å². The van der Waals surface area contributed by atoms with Gasteiger partial charge in [0, 0.05) is 59.8 Å². The van der Waals surface area contributed by atoms with Gasteiger partial charge >= 0.3 is 0 Å². The number of hydrogen-bond donors (Lipinski definition) is 21. The quantitative estimate of drug-likeness (QED) is 0.0114. The number of phenolic OH excluding ortho intramolecular Hbond substituents is 3. The second-order valence-electron chi connectivity index (χ2n) is 33.7. The van der Waals surface area contributed by atoms with Gasteiger partial charge in [0.2, 0.25) is 65.2 Å². The van der Waals surface area contributed by atoms with E-state index in [9.17, 15) is 75.0 Å². The molecule has 11 heterocycles. The molecule has 0 radical (unpaired) electrons. The molecule has 0 saturated carbocycles. The summed E-state index contributed by atoms with van der Waals surface area (Å²) in [6.45, 7) is 4.77. The van der Waals surface area contributed by atoms with E-state index in [4.69, 9.17) is 85.3 Å². The lowest BCUT2D eigenvalue weighted by atomic mass is 9.86. The van der Waals surface area contributed by atoms with Gasteiger partial charge in [-0.3, -0.25) is 47.9 Å². The predicted octanol–water partition coefficient (Wildman–Crippen LogP) is -0.969. The summed E-state index contributed by atoms with van der Waals surface area (Å²) >= 11 is 22.7. The highest BCUT2D eigenvalue weighted by Crippen LogP contribution is 2.51. The number of likely N-dealkylation sites (N-methyl/N-ethyl adjacent to an activating group) is 1. The molecule has 136 heavy (non-hydrogen) atoms. The summed E-state index contributed by atoms with van der Waals surface area (Å²) in [6, 6.07) is 1.40. The minimum Gasteiger partial charge on any atom is -0.548 e. The third-order valence-electron chi connectivity index (χ3n) is 23.4. The number of anilines is 1. The molecule has 5 aromatic carbocycles. The fraction of sp³-hybridized carbons (Fsp3) is 0.402. The van der Waals surface area contributed by atoms with Crippen LogP contribution in [0.4, 0.5) is 5.13 Å².